The predicted molar refractivity (Wildman–Crippen MR) is 80.6 cm³/mol. The Morgan fingerprint density at radius 3 is 2.33 bits per heavy atom. The first kappa shape index (κ1) is 20.3. The number of carbonyl (C=O) groups excluding carboxylic acids is 1. The van der Waals surface area contributed by atoms with Crippen LogP contribution < -0.4 is 11.1 Å². The number of likely N-dealkylation sites (tertiary alicyclic amines) is 1. The van der Waals surface area contributed by atoms with E-state index in [1.807, 2.05) is 13.8 Å². The average molecular weight is 300 g/mol. The molecule has 1 amide bonds. The van der Waals surface area contributed by atoms with Crippen molar-refractivity contribution < 1.29 is 4.79 Å². The molecule has 0 unspecified atom stereocenters. The molecule has 1 aliphatic rings. The SMILES string of the molecule is CC(C)[C@H](N)C(=O)NCCCN1CCCC1.Cl.Cl. The lowest BCUT2D eigenvalue weighted by atomic mass is 10.1. The number of halogens is 2. The molecule has 1 fully saturated rings. The average Bonchev–Trinajstić information content (AvgIpc) is 2.75. The molecule has 0 radical (unpaired) electrons. The smallest absolute Gasteiger partial charge is 0.237 e. The Hall–Kier alpha value is -0.0300. The molecule has 18 heavy (non-hydrogen) atoms. The van der Waals surface area contributed by atoms with Crippen LogP contribution in [0.1, 0.15) is 33.1 Å². The standard InChI is InChI=1S/C12H25N3O.2ClH/c1-10(2)11(13)12(16)14-6-5-9-15-7-3-4-8-15;;/h10-11H,3-9,13H2,1-2H3,(H,14,16);2*1H/t11-;;/m0../s1. The van der Waals surface area contributed by atoms with E-state index in [-0.39, 0.29) is 42.7 Å². The fourth-order valence-corrected chi connectivity index (χ4v) is 1.94. The minimum atomic E-state index is -0.369. The second-order valence-corrected chi connectivity index (χ2v) is 4.96. The summed E-state index contributed by atoms with van der Waals surface area (Å²) in [6, 6.07) is -0.369. The van der Waals surface area contributed by atoms with E-state index in [0.717, 1.165) is 19.5 Å². The van der Waals surface area contributed by atoms with Crippen molar-refractivity contribution >= 4 is 30.7 Å². The molecule has 0 spiro atoms. The fraction of sp³-hybridized carbons (Fsp3) is 0.917. The molecule has 110 valence electrons. The third-order valence-corrected chi connectivity index (χ3v) is 3.17. The van der Waals surface area contributed by atoms with E-state index in [1.54, 1.807) is 0 Å². The molecule has 1 heterocycles. The summed E-state index contributed by atoms with van der Waals surface area (Å²) < 4.78 is 0. The Bertz CT molecular complexity index is 221. The zero-order valence-electron chi connectivity index (χ0n) is 11.4. The van der Waals surface area contributed by atoms with Crippen LogP contribution in [0.3, 0.4) is 0 Å². The lowest BCUT2D eigenvalue weighted by Gasteiger charge is -2.17. The zero-order valence-corrected chi connectivity index (χ0v) is 13.0. The fourth-order valence-electron chi connectivity index (χ4n) is 1.94. The van der Waals surface area contributed by atoms with Gasteiger partial charge >= 0.3 is 0 Å². The molecule has 3 N–H and O–H groups in total. The summed E-state index contributed by atoms with van der Waals surface area (Å²) >= 11 is 0. The van der Waals surface area contributed by atoms with E-state index in [4.69, 9.17) is 5.73 Å². The molecule has 1 aliphatic heterocycles. The molecular weight excluding hydrogens is 273 g/mol. The first-order valence-corrected chi connectivity index (χ1v) is 6.37. The number of nitrogens with zero attached hydrogens (tertiary/aromatic N) is 1. The van der Waals surface area contributed by atoms with Crippen LogP contribution in [0, 0.1) is 5.92 Å². The molecular formula is C12H27Cl2N3O. The highest BCUT2D eigenvalue weighted by atomic mass is 35.5. The van der Waals surface area contributed by atoms with Crippen LogP contribution >= 0.6 is 24.8 Å². The quantitative estimate of drug-likeness (QED) is 0.729. The maximum atomic E-state index is 11.5. The lowest BCUT2D eigenvalue weighted by molar-refractivity contribution is -0.123. The van der Waals surface area contributed by atoms with Gasteiger partial charge in [0, 0.05) is 6.54 Å². The summed E-state index contributed by atoms with van der Waals surface area (Å²) in [5.74, 6) is 0.190. The zero-order chi connectivity index (χ0) is 12.0. The van der Waals surface area contributed by atoms with Crippen LogP contribution in [0.15, 0.2) is 0 Å². The van der Waals surface area contributed by atoms with Crippen molar-refractivity contribution in [2.24, 2.45) is 11.7 Å². The molecule has 0 bridgehead atoms. The van der Waals surface area contributed by atoms with E-state index >= 15 is 0 Å². The van der Waals surface area contributed by atoms with Crippen molar-refractivity contribution in [1.29, 1.82) is 0 Å². The monoisotopic (exact) mass is 299 g/mol. The molecule has 1 rings (SSSR count). The highest BCUT2D eigenvalue weighted by Crippen LogP contribution is 2.06. The lowest BCUT2D eigenvalue weighted by Crippen LogP contribution is -2.44. The first-order chi connectivity index (χ1) is 7.61. The number of nitrogens with one attached hydrogen (secondary N) is 1. The minimum absolute atomic E-state index is 0. The Balaban J connectivity index is 0. The Morgan fingerprint density at radius 2 is 1.83 bits per heavy atom. The Morgan fingerprint density at radius 1 is 1.28 bits per heavy atom. The van der Waals surface area contributed by atoms with Gasteiger partial charge in [-0.25, -0.2) is 0 Å². The van der Waals surface area contributed by atoms with Gasteiger partial charge in [0.2, 0.25) is 5.91 Å². The highest BCUT2D eigenvalue weighted by molar-refractivity contribution is 5.85. The van der Waals surface area contributed by atoms with Crippen LogP contribution in [-0.4, -0.2) is 43.0 Å². The molecule has 4 nitrogen and oxygen atoms in total. The van der Waals surface area contributed by atoms with Crippen LogP contribution in [0.5, 0.6) is 0 Å². The van der Waals surface area contributed by atoms with Crippen molar-refractivity contribution in [3.63, 3.8) is 0 Å². The second-order valence-electron chi connectivity index (χ2n) is 4.96. The van der Waals surface area contributed by atoms with Gasteiger partial charge in [0.25, 0.3) is 0 Å². The normalized spacial score (nSPS) is 16.9. The van der Waals surface area contributed by atoms with Gasteiger partial charge in [-0.05, 0) is 44.8 Å². The van der Waals surface area contributed by atoms with Crippen LogP contribution in [0.4, 0.5) is 0 Å². The summed E-state index contributed by atoms with van der Waals surface area (Å²) in [5, 5.41) is 2.90. The summed E-state index contributed by atoms with van der Waals surface area (Å²) in [7, 11) is 0. The molecule has 0 aromatic carbocycles. The molecule has 0 saturated carbocycles. The maximum Gasteiger partial charge on any atom is 0.237 e. The molecule has 1 atom stereocenters. The topological polar surface area (TPSA) is 58.4 Å². The number of amides is 1. The van der Waals surface area contributed by atoms with Crippen molar-refractivity contribution in [2.75, 3.05) is 26.2 Å². The summed E-state index contributed by atoms with van der Waals surface area (Å²) in [5.41, 5.74) is 5.74. The van der Waals surface area contributed by atoms with Crippen LogP contribution in [0.2, 0.25) is 0 Å². The van der Waals surface area contributed by atoms with Crippen molar-refractivity contribution in [2.45, 2.75) is 39.2 Å². The van der Waals surface area contributed by atoms with Gasteiger partial charge in [-0.3, -0.25) is 4.79 Å². The number of carbonyl (C=O) groups is 1. The third-order valence-electron chi connectivity index (χ3n) is 3.17. The van der Waals surface area contributed by atoms with Gasteiger partial charge < -0.3 is 16.0 Å². The number of nitrogens with two attached hydrogens (primary N) is 1. The molecule has 1 saturated heterocycles. The van der Waals surface area contributed by atoms with E-state index in [1.165, 1.54) is 25.9 Å². The third kappa shape index (κ3) is 7.41. The summed E-state index contributed by atoms with van der Waals surface area (Å²) in [6.07, 6.45) is 3.67. The van der Waals surface area contributed by atoms with E-state index < -0.39 is 0 Å². The van der Waals surface area contributed by atoms with Gasteiger partial charge in [-0.15, -0.1) is 24.8 Å². The molecule has 0 aliphatic carbocycles. The highest BCUT2D eigenvalue weighted by Gasteiger charge is 2.16. The van der Waals surface area contributed by atoms with Gasteiger partial charge in [-0.2, -0.15) is 0 Å². The number of hydrogen-bond acceptors (Lipinski definition) is 3. The van der Waals surface area contributed by atoms with E-state index in [0.29, 0.717) is 0 Å². The molecule has 0 aromatic rings. The Labute approximate surface area is 123 Å². The predicted octanol–water partition coefficient (Wildman–Crippen LogP) is 1.42. The van der Waals surface area contributed by atoms with Crippen LogP contribution in [0.25, 0.3) is 0 Å². The van der Waals surface area contributed by atoms with Crippen LogP contribution in [-0.2, 0) is 4.79 Å². The van der Waals surface area contributed by atoms with Gasteiger partial charge in [-0.1, -0.05) is 13.8 Å². The van der Waals surface area contributed by atoms with Crippen molar-refractivity contribution in [3.8, 4) is 0 Å². The van der Waals surface area contributed by atoms with Gasteiger partial charge in [0.1, 0.15) is 0 Å². The van der Waals surface area contributed by atoms with E-state index in [2.05, 4.69) is 10.2 Å². The number of hydrogen-bond donors (Lipinski definition) is 2. The van der Waals surface area contributed by atoms with Gasteiger partial charge in [0.05, 0.1) is 6.04 Å². The second kappa shape index (κ2) is 10.9. The van der Waals surface area contributed by atoms with E-state index in [9.17, 15) is 4.79 Å². The Kier molecular flexibility index (Phi) is 12.2. The first-order valence-electron chi connectivity index (χ1n) is 6.37. The molecule has 0 aromatic heterocycles. The maximum absolute atomic E-state index is 11.5. The van der Waals surface area contributed by atoms with Crippen molar-refractivity contribution in [3.05, 3.63) is 0 Å². The summed E-state index contributed by atoms with van der Waals surface area (Å²) in [6.45, 7) is 8.22. The minimum Gasteiger partial charge on any atom is -0.355 e. The summed E-state index contributed by atoms with van der Waals surface area (Å²) in [4.78, 5) is 14.0. The van der Waals surface area contributed by atoms with Crippen molar-refractivity contribution in [1.82, 2.24) is 10.2 Å². The molecule has 6 heteroatoms. The van der Waals surface area contributed by atoms with Gasteiger partial charge in [0.15, 0.2) is 0 Å². The number of rotatable bonds is 6. The largest absolute Gasteiger partial charge is 0.355 e.